The fourth-order valence-electron chi connectivity index (χ4n) is 3.73. The molecule has 0 aliphatic carbocycles. The number of halogens is 2. The second kappa shape index (κ2) is 19.0. The van der Waals surface area contributed by atoms with Gasteiger partial charge in [0.25, 0.3) is 0 Å². The van der Waals surface area contributed by atoms with E-state index in [4.69, 9.17) is 24.7 Å². The molecule has 2 aromatic carbocycles. The number of carbonyl (C=O) groups excluding carboxylic acids is 2. The van der Waals surface area contributed by atoms with Crippen molar-refractivity contribution in [1.29, 1.82) is 0 Å². The quantitative estimate of drug-likeness (QED) is 0.174. The number of hydrogen-bond donors (Lipinski definition) is 3. The number of nitrogen functional groups attached to an aromatic ring is 1. The molecule has 14 nitrogen and oxygen atoms in total. The van der Waals surface area contributed by atoms with Crippen LogP contribution in [0, 0.1) is 11.6 Å². The third-order valence-electron chi connectivity index (χ3n) is 6.13. The molecule has 0 bridgehead atoms. The summed E-state index contributed by atoms with van der Waals surface area (Å²) in [6.07, 6.45) is 3.13. The van der Waals surface area contributed by atoms with E-state index < -0.39 is 29.5 Å². The Bertz CT molecular complexity index is 1630. The zero-order valence-electron chi connectivity index (χ0n) is 27.0. The summed E-state index contributed by atoms with van der Waals surface area (Å²) < 4.78 is 48.4. The van der Waals surface area contributed by atoms with Gasteiger partial charge in [0.1, 0.15) is 24.7 Å². The van der Waals surface area contributed by atoms with Crippen LogP contribution in [-0.2, 0) is 13.2 Å². The summed E-state index contributed by atoms with van der Waals surface area (Å²) >= 11 is 0. The van der Waals surface area contributed by atoms with Gasteiger partial charge in [0.05, 0.1) is 26.6 Å². The number of nitrogens with two attached hydrogens (primary N) is 1. The van der Waals surface area contributed by atoms with Gasteiger partial charge in [0.2, 0.25) is 0 Å². The number of aromatic nitrogens is 4. The Labute approximate surface area is 276 Å². The minimum atomic E-state index is -0.929. The van der Waals surface area contributed by atoms with Crippen molar-refractivity contribution in [2.75, 3.05) is 37.9 Å². The van der Waals surface area contributed by atoms with Gasteiger partial charge in [0, 0.05) is 13.1 Å². The van der Waals surface area contributed by atoms with Gasteiger partial charge in [-0.25, -0.2) is 28.3 Å². The maximum atomic E-state index is 14.4. The lowest BCUT2D eigenvalue weighted by molar-refractivity contribution is 0.233. The molecule has 0 fully saturated rings. The van der Waals surface area contributed by atoms with Gasteiger partial charge in [-0.05, 0) is 48.2 Å². The van der Waals surface area contributed by atoms with Crippen molar-refractivity contribution < 1.29 is 37.3 Å². The minimum Gasteiger partial charge on any atom is -0.497 e. The van der Waals surface area contributed by atoms with Crippen LogP contribution < -0.4 is 40.2 Å². The molecule has 0 spiro atoms. The topological polar surface area (TPSA) is 176 Å². The number of urea groups is 2. The van der Waals surface area contributed by atoms with Crippen LogP contribution in [0.4, 0.5) is 30.0 Å². The average Bonchev–Trinajstić information content (AvgIpc) is 3.11. The summed E-state index contributed by atoms with van der Waals surface area (Å²) in [5.41, 5.74) is 6.98. The van der Waals surface area contributed by atoms with Gasteiger partial charge in [-0.3, -0.25) is 0 Å². The lowest BCUT2D eigenvalue weighted by atomic mass is 10.2. The van der Waals surface area contributed by atoms with E-state index in [2.05, 4.69) is 30.6 Å². The normalized spacial score (nSPS) is 10.2. The Morgan fingerprint density at radius 2 is 1.25 bits per heavy atom. The summed E-state index contributed by atoms with van der Waals surface area (Å²) in [7, 11) is 3.14. The molecule has 4 aromatic rings. The number of hydrogen-bond acceptors (Lipinski definition) is 11. The zero-order chi connectivity index (χ0) is 34.9. The maximum absolute atomic E-state index is 14.4. The number of rotatable bonds is 13. The molecule has 16 heteroatoms. The number of carbonyl (C=O) groups is 2. The monoisotopic (exact) mass is 668 g/mol. The van der Waals surface area contributed by atoms with Crippen molar-refractivity contribution in [2.45, 2.75) is 39.9 Å². The Hall–Kier alpha value is -5.80. The summed E-state index contributed by atoms with van der Waals surface area (Å²) in [6, 6.07) is 12.8. The first-order chi connectivity index (χ1) is 23.2. The average molecular weight is 669 g/mol. The second-order valence-corrected chi connectivity index (χ2v) is 9.79. The molecule has 0 radical (unpaired) electrons. The lowest BCUT2D eigenvalue weighted by Crippen LogP contribution is -2.50. The highest BCUT2D eigenvalue weighted by Gasteiger charge is 2.28. The Morgan fingerprint density at radius 1 is 0.771 bits per heavy atom. The van der Waals surface area contributed by atoms with E-state index in [1.54, 1.807) is 32.4 Å². The first kappa shape index (κ1) is 36.7. The summed E-state index contributed by atoms with van der Waals surface area (Å²) in [5, 5.41) is 5.10. The molecule has 0 aliphatic heterocycles. The highest BCUT2D eigenvalue weighted by atomic mass is 19.1. The maximum Gasteiger partial charge on any atom is 0.331 e. The molecule has 0 saturated heterocycles. The molecular weight excluding hydrogens is 630 g/mol. The molecule has 0 saturated carbocycles. The molecule has 48 heavy (non-hydrogen) atoms. The van der Waals surface area contributed by atoms with Crippen LogP contribution >= 0.6 is 0 Å². The molecule has 4 N–H and O–H groups in total. The van der Waals surface area contributed by atoms with Crippen molar-refractivity contribution in [1.82, 2.24) is 30.6 Å². The number of benzene rings is 2. The molecular formula is C32H38F2N8O6. The lowest BCUT2D eigenvalue weighted by Gasteiger charge is -2.21. The first-order valence-corrected chi connectivity index (χ1v) is 14.9. The van der Waals surface area contributed by atoms with Gasteiger partial charge < -0.3 is 35.3 Å². The summed E-state index contributed by atoms with van der Waals surface area (Å²) in [4.78, 5) is 40.7. The van der Waals surface area contributed by atoms with Crippen molar-refractivity contribution >= 4 is 23.7 Å². The fraction of sp³-hybridized carbons (Fsp3) is 0.312. The number of imide groups is 1. The molecule has 4 rings (SSSR count). The Morgan fingerprint density at radius 3 is 1.71 bits per heavy atom. The van der Waals surface area contributed by atoms with E-state index in [1.807, 2.05) is 44.2 Å². The van der Waals surface area contributed by atoms with Crippen molar-refractivity contribution in [2.24, 2.45) is 0 Å². The molecule has 256 valence electrons. The van der Waals surface area contributed by atoms with E-state index in [-0.39, 0.29) is 31.1 Å². The largest absolute Gasteiger partial charge is 0.497 e. The van der Waals surface area contributed by atoms with Crippen LogP contribution in [0.3, 0.4) is 0 Å². The molecule has 0 unspecified atom stereocenters. The molecule has 0 aliphatic rings. The summed E-state index contributed by atoms with van der Waals surface area (Å²) in [5.74, 6) is -0.928. The Kier molecular flexibility index (Phi) is 14.5. The fourth-order valence-corrected chi connectivity index (χ4v) is 3.73. The number of methoxy groups -OCH3 is 2. The van der Waals surface area contributed by atoms with Crippen molar-refractivity contribution in [3.8, 4) is 23.5 Å². The molecule has 0 atom stereocenters. The van der Waals surface area contributed by atoms with Crippen molar-refractivity contribution in [3.63, 3.8) is 0 Å². The van der Waals surface area contributed by atoms with Gasteiger partial charge in [0.15, 0.2) is 23.3 Å². The van der Waals surface area contributed by atoms with E-state index in [0.29, 0.717) is 36.6 Å². The smallest absolute Gasteiger partial charge is 0.331 e. The van der Waals surface area contributed by atoms with Crippen LogP contribution in [0.25, 0.3) is 0 Å². The molecule has 2 heterocycles. The third kappa shape index (κ3) is 11.2. The van der Waals surface area contributed by atoms with E-state index in [1.165, 1.54) is 0 Å². The number of amides is 4. The molecule has 2 aromatic heterocycles. The van der Waals surface area contributed by atoms with E-state index >= 15 is 0 Å². The zero-order valence-corrected chi connectivity index (χ0v) is 27.0. The van der Waals surface area contributed by atoms with Crippen LogP contribution in [-0.4, -0.2) is 59.3 Å². The van der Waals surface area contributed by atoms with E-state index in [0.717, 1.165) is 29.3 Å². The second-order valence-electron chi connectivity index (χ2n) is 9.79. The minimum absolute atomic E-state index is 0.0386. The summed E-state index contributed by atoms with van der Waals surface area (Å²) in [6.45, 7) is 4.70. The predicted octanol–water partition coefficient (Wildman–Crippen LogP) is 5.03. The number of nitrogens with zero attached hydrogens (tertiary/aromatic N) is 5. The standard InChI is InChI=1S/C20H26FN5O4.C12H12FN3O2/c1-4-9-22-19(27)26(20(28)23-10-5-2)17-16(21)12-24-18(25-17)30-13-14-7-6-8-15(11-14)29-3;1-17-9-4-2-3-8(5-9)7-18-12-15-6-10(13)11(14)16-12/h6-8,11-12H,4-5,9-10,13H2,1-3H3,(H,22,27)(H,23,28);2-6H,7H2,1H3,(H2,14,15,16). The third-order valence-corrected chi connectivity index (χ3v) is 6.13. The highest BCUT2D eigenvalue weighted by Crippen LogP contribution is 2.21. The molecule has 4 amide bonds. The van der Waals surface area contributed by atoms with Crippen LogP contribution in [0.15, 0.2) is 60.9 Å². The van der Waals surface area contributed by atoms with Gasteiger partial charge >= 0.3 is 24.1 Å². The number of nitrogens with one attached hydrogen (secondary N) is 2. The van der Waals surface area contributed by atoms with Crippen LogP contribution in [0.2, 0.25) is 0 Å². The first-order valence-electron chi connectivity index (χ1n) is 14.9. The van der Waals surface area contributed by atoms with Gasteiger partial charge in [-0.15, -0.1) is 0 Å². The number of ether oxygens (including phenoxy) is 4. The van der Waals surface area contributed by atoms with Crippen LogP contribution in [0.5, 0.6) is 23.5 Å². The van der Waals surface area contributed by atoms with Gasteiger partial charge in [-0.2, -0.15) is 14.9 Å². The highest BCUT2D eigenvalue weighted by molar-refractivity contribution is 6.12. The SMILES string of the molecule is CCCNC(=O)N(C(=O)NCCC)c1nc(OCc2cccc(OC)c2)ncc1F.COc1cccc(COc2ncc(F)c(N)n2)c1. The van der Waals surface area contributed by atoms with E-state index in [9.17, 15) is 18.4 Å². The number of anilines is 2. The van der Waals surface area contributed by atoms with Gasteiger partial charge in [-0.1, -0.05) is 38.1 Å². The van der Waals surface area contributed by atoms with Crippen LogP contribution in [0.1, 0.15) is 37.8 Å². The predicted molar refractivity (Wildman–Crippen MR) is 173 cm³/mol. The Balaban J connectivity index is 0.000000294. The van der Waals surface area contributed by atoms with Crippen molar-refractivity contribution in [3.05, 3.63) is 83.7 Å².